The van der Waals surface area contributed by atoms with Crippen LogP contribution in [0.1, 0.15) is 31.7 Å². The van der Waals surface area contributed by atoms with Gasteiger partial charge in [0.05, 0.1) is 11.1 Å². The van der Waals surface area contributed by atoms with Crippen molar-refractivity contribution in [2.24, 2.45) is 0 Å². The molecular weight excluding hydrogens is 294 g/mol. The van der Waals surface area contributed by atoms with Crippen LogP contribution in [0.3, 0.4) is 0 Å². The Morgan fingerprint density at radius 3 is 2.78 bits per heavy atom. The predicted molar refractivity (Wildman–Crippen MR) is 78.0 cm³/mol. The lowest BCUT2D eigenvalue weighted by Crippen LogP contribution is -2.11. The van der Waals surface area contributed by atoms with E-state index in [4.69, 9.17) is 9.84 Å². The second kappa shape index (κ2) is 9.36. The Bertz CT molecular complexity index is 345. The fourth-order valence-corrected chi connectivity index (χ4v) is 2.15. The molecule has 0 aliphatic rings. The van der Waals surface area contributed by atoms with Gasteiger partial charge < -0.3 is 15.2 Å². The van der Waals surface area contributed by atoms with E-state index in [9.17, 15) is 0 Å². The normalized spacial score (nSPS) is 10.6. The molecule has 4 heteroatoms. The average Bonchev–Trinajstić information content (AvgIpc) is 2.38. The number of hydrogen-bond acceptors (Lipinski definition) is 3. The minimum absolute atomic E-state index is 0.267. The van der Waals surface area contributed by atoms with Crippen molar-refractivity contribution >= 4 is 15.9 Å². The Morgan fingerprint density at radius 2 is 2.11 bits per heavy atom. The lowest BCUT2D eigenvalue weighted by Gasteiger charge is -2.10. The van der Waals surface area contributed by atoms with Gasteiger partial charge in [0.1, 0.15) is 5.75 Å². The highest BCUT2D eigenvalue weighted by Gasteiger charge is 2.02. The summed E-state index contributed by atoms with van der Waals surface area (Å²) >= 11 is 3.53. The van der Waals surface area contributed by atoms with Gasteiger partial charge in [0.25, 0.3) is 0 Å². The third-order valence-corrected chi connectivity index (χ3v) is 3.26. The molecule has 102 valence electrons. The molecule has 1 aromatic rings. The first-order chi connectivity index (χ1) is 8.77. The summed E-state index contributed by atoms with van der Waals surface area (Å²) in [7, 11) is 0. The van der Waals surface area contributed by atoms with E-state index in [0.29, 0.717) is 6.61 Å². The summed E-state index contributed by atoms with van der Waals surface area (Å²) < 4.78 is 6.69. The molecule has 18 heavy (non-hydrogen) atoms. The fraction of sp³-hybridized carbons (Fsp3) is 0.571. The van der Waals surface area contributed by atoms with Gasteiger partial charge in [0, 0.05) is 13.2 Å². The van der Waals surface area contributed by atoms with Crippen molar-refractivity contribution in [1.29, 1.82) is 0 Å². The van der Waals surface area contributed by atoms with Gasteiger partial charge in [-0.1, -0.05) is 13.0 Å². The van der Waals surface area contributed by atoms with Crippen LogP contribution >= 0.6 is 15.9 Å². The summed E-state index contributed by atoms with van der Waals surface area (Å²) in [5.41, 5.74) is 1.25. The van der Waals surface area contributed by atoms with Crippen LogP contribution in [-0.4, -0.2) is 24.9 Å². The molecule has 0 bridgehead atoms. The van der Waals surface area contributed by atoms with Gasteiger partial charge in [0.15, 0.2) is 0 Å². The highest BCUT2D eigenvalue weighted by atomic mass is 79.9. The monoisotopic (exact) mass is 315 g/mol. The van der Waals surface area contributed by atoms with Gasteiger partial charge in [-0.2, -0.15) is 0 Å². The molecule has 0 aliphatic heterocycles. The molecule has 2 N–H and O–H groups in total. The zero-order valence-corrected chi connectivity index (χ0v) is 12.5. The van der Waals surface area contributed by atoms with Crippen molar-refractivity contribution < 1.29 is 9.84 Å². The van der Waals surface area contributed by atoms with Crippen molar-refractivity contribution in [3.63, 3.8) is 0 Å². The standard InChI is InChI=1S/C14H22BrNO2/c1-2-16-11-12-6-7-14(13(15)10-12)18-9-5-3-4-8-17/h6-7,10,16-17H,2-5,8-9,11H2,1H3. The molecule has 0 saturated heterocycles. The first-order valence-corrected chi connectivity index (χ1v) is 7.30. The van der Waals surface area contributed by atoms with E-state index in [1.165, 1.54) is 5.56 Å². The molecular formula is C14H22BrNO2. The Labute approximate surface area is 118 Å². The average molecular weight is 316 g/mol. The quantitative estimate of drug-likeness (QED) is 0.688. The lowest BCUT2D eigenvalue weighted by molar-refractivity contribution is 0.265. The van der Waals surface area contributed by atoms with E-state index in [0.717, 1.165) is 42.6 Å². The number of unbranched alkanes of at least 4 members (excludes halogenated alkanes) is 2. The molecule has 0 unspecified atom stereocenters. The van der Waals surface area contributed by atoms with E-state index < -0.39 is 0 Å². The summed E-state index contributed by atoms with van der Waals surface area (Å²) in [4.78, 5) is 0. The number of nitrogens with one attached hydrogen (secondary N) is 1. The Hall–Kier alpha value is -0.580. The van der Waals surface area contributed by atoms with Crippen molar-refractivity contribution in [3.8, 4) is 5.75 Å². The maximum atomic E-state index is 8.67. The summed E-state index contributed by atoms with van der Waals surface area (Å²) in [5, 5.41) is 12.0. The van der Waals surface area contributed by atoms with E-state index in [-0.39, 0.29) is 6.61 Å². The van der Waals surface area contributed by atoms with Crippen LogP contribution in [0.5, 0.6) is 5.75 Å². The molecule has 0 radical (unpaired) electrons. The minimum atomic E-state index is 0.267. The topological polar surface area (TPSA) is 41.5 Å². The molecule has 0 aliphatic carbocycles. The lowest BCUT2D eigenvalue weighted by atomic mass is 10.2. The number of aliphatic hydroxyl groups excluding tert-OH is 1. The summed E-state index contributed by atoms with van der Waals surface area (Å²) in [6.45, 7) is 4.92. The Morgan fingerprint density at radius 1 is 1.28 bits per heavy atom. The molecule has 0 amide bonds. The van der Waals surface area contributed by atoms with Gasteiger partial charge in [-0.3, -0.25) is 0 Å². The van der Waals surface area contributed by atoms with Gasteiger partial charge in [-0.05, 0) is 59.4 Å². The highest BCUT2D eigenvalue weighted by molar-refractivity contribution is 9.10. The van der Waals surface area contributed by atoms with Gasteiger partial charge in [-0.25, -0.2) is 0 Å². The number of benzene rings is 1. The molecule has 0 atom stereocenters. The zero-order valence-electron chi connectivity index (χ0n) is 10.9. The van der Waals surface area contributed by atoms with Crippen LogP contribution in [0.15, 0.2) is 22.7 Å². The highest BCUT2D eigenvalue weighted by Crippen LogP contribution is 2.26. The van der Waals surface area contributed by atoms with Crippen LogP contribution in [0.4, 0.5) is 0 Å². The second-order valence-electron chi connectivity index (χ2n) is 4.18. The number of hydrogen-bond donors (Lipinski definition) is 2. The molecule has 0 heterocycles. The first kappa shape index (κ1) is 15.5. The van der Waals surface area contributed by atoms with Crippen molar-refractivity contribution in [2.75, 3.05) is 19.8 Å². The molecule has 0 fully saturated rings. The third kappa shape index (κ3) is 5.85. The molecule has 0 spiro atoms. The summed E-state index contributed by atoms with van der Waals surface area (Å²) in [5.74, 6) is 0.888. The second-order valence-corrected chi connectivity index (χ2v) is 5.03. The van der Waals surface area contributed by atoms with E-state index in [1.54, 1.807) is 0 Å². The van der Waals surface area contributed by atoms with Gasteiger partial charge in [0.2, 0.25) is 0 Å². The van der Waals surface area contributed by atoms with Crippen LogP contribution in [0.25, 0.3) is 0 Å². The first-order valence-electron chi connectivity index (χ1n) is 6.50. The molecule has 0 saturated carbocycles. The maximum absolute atomic E-state index is 8.67. The van der Waals surface area contributed by atoms with E-state index in [1.807, 2.05) is 6.07 Å². The largest absolute Gasteiger partial charge is 0.492 e. The van der Waals surface area contributed by atoms with E-state index >= 15 is 0 Å². The van der Waals surface area contributed by atoms with E-state index in [2.05, 4.69) is 40.3 Å². The summed E-state index contributed by atoms with van der Waals surface area (Å²) in [6.07, 6.45) is 2.84. The van der Waals surface area contributed by atoms with Crippen LogP contribution in [0.2, 0.25) is 0 Å². The minimum Gasteiger partial charge on any atom is -0.492 e. The maximum Gasteiger partial charge on any atom is 0.133 e. The summed E-state index contributed by atoms with van der Waals surface area (Å²) in [6, 6.07) is 6.17. The Kier molecular flexibility index (Phi) is 8.05. The number of ether oxygens (including phenoxy) is 1. The molecule has 3 nitrogen and oxygen atoms in total. The van der Waals surface area contributed by atoms with Crippen molar-refractivity contribution in [3.05, 3.63) is 28.2 Å². The molecule has 1 rings (SSSR count). The zero-order chi connectivity index (χ0) is 13.2. The molecule has 0 aromatic heterocycles. The fourth-order valence-electron chi connectivity index (χ4n) is 1.61. The van der Waals surface area contributed by atoms with Gasteiger partial charge >= 0.3 is 0 Å². The Balaban J connectivity index is 2.37. The smallest absolute Gasteiger partial charge is 0.133 e. The third-order valence-electron chi connectivity index (χ3n) is 2.64. The van der Waals surface area contributed by atoms with Gasteiger partial charge in [-0.15, -0.1) is 0 Å². The predicted octanol–water partition coefficient (Wildman–Crippen LogP) is 3.10. The SMILES string of the molecule is CCNCc1ccc(OCCCCCO)c(Br)c1. The van der Waals surface area contributed by atoms with Crippen molar-refractivity contribution in [2.45, 2.75) is 32.7 Å². The van der Waals surface area contributed by atoms with Crippen molar-refractivity contribution in [1.82, 2.24) is 5.32 Å². The number of rotatable bonds is 9. The number of aliphatic hydroxyl groups is 1. The van der Waals surface area contributed by atoms with Crippen LogP contribution < -0.4 is 10.1 Å². The van der Waals surface area contributed by atoms with Crippen LogP contribution in [-0.2, 0) is 6.54 Å². The van der Waals surface area contributed by atoms with Crippen LogP contribution in [0, 0.1) is 0 Å². The molecule has 1 aromatic carbocycles. The number of halogens is 1.